The van der Waals surface area contributed by atoms with E-state index in [1.54, 1.807) is 0 Å². The second-order valence-corrected chi connectivity index (χ2v) is 11.3. The van der Waals surface area contributed by atoms with Crippen molar-refractivity contribution in [2.75, 3.05) is 6.16 Å². The standard InChI is InChI=1S/C23H40F9O3P/c24-20(25,21(26,27)22(28,29)23(30,31)32)18-16-14-12-10-8-6-4-2-1-3-5-7-9-11-13-15-17-19-36(33,34)35/h1-19H2,(H2,33,34,35). The van der Waals surface area contributed by atoms with Crippen molar-refractivity contribution in [3.63, 3.8) is 0 Å². The van der Waals surface area contributed by atoms with Gasteiger partial charge in [-0.2, -0.15) is 39.5 Å². The minimum absolute atomic E-state index is 0.0485. The van der Waals surface area contributed by atoms with Gasteiger partial charge >= 0.3 is 31.5 Å². The van der Waals surface area contributed by atoms with Crippen LogP contribution in [0.2, 0.25) is 0 Å². The molecule has 0 saturated carbocycles. The highest BCUT2D eigenvalue weighted by Crippen LogP contribution is 2.54. The average molecular weight is 567 g/mol. The minimum atomic E-state index is -6.80. The normalized spacial score (nSPS) is 14.0. The molecule has 0 spiro atoms. The van der Waals surface area contributed by atoms with E-state index in [1.807, 2.05) is 0 Å². The number of unbranched alkanes of at least 4 members (excludes halogenated alkanes) is 16. The third-order valence-electron chi connectivity index (χ3n) is 6.15. The van der Waals surface area contributed by atoms with Gasteiger partial charge in [0.15, 0.2) is 0 Å². The summed E-state index contributed by atoms with van der Waals surface area (Å²) >= 11 is 0. The van der Waals surface area contributed by atoms with Gasteiger partial charge in [-0.25, -0.2) is 0 Å². The molecule has 0 amide bonds. The van der Waals surface area contributed by atoms with E-state index in [4.69, 9.17) is 9.79 Å². The molecule has 0 heterocycles. The lowest BCUT2D eigenvalue weighted by molar-refractivity contribution is -0.396. The molecule has 0 aliphatic rings. The fraction of sp³-hybridized carbons (Fsp3) is 1.00. The Kier molecular flexibility index (Phi) is 16.3. The van der Waals surface area contributed by atoms with Crippen molar-refractivity contribution >= 4 is 7.60 Å². The van der Waals surface area contributed by atoms with Crippen LogP contribution in [-0.2, 0) is 4.57 Å². The fourth-order valence-electron chi connectivity index (χ4n) is 3.88. The van der Waals surface area contributed by atoms with Crippen LogP contribution in [0.25, 0.3) is 0 Å². The molecule has 0 fully saturated rings. The zero-order valence-corrected chi connectivity index (χ0v) is 21.5. The quantitative estimate of drug-likeness (QED) is 0.0779. The first kappa shape index (κ1) is 35.5. The van der Waals surface area contributed by atoms with E-state index in [9.17, 15) is 44.1 Å². The molecule has 0 unspecified atom stereocenters. The predicted octanol–water partition coefficient (Wildman–Crippen LogP) is 9.65. The van der Waals surface area contributed by atoms with E-state index < -0.39 is 44.4 Å². The monoisotopic (exact) mass is 566 g/mol. The lowest BCUT2D eigenvalue weighted by Crippen LogP contribution is -2.60. The SMILES string of the molecule is O=P(O)(O)CCCCCCCCCCCCCCCCCCCC(F)(F)C(F)(F)C(F)(F)C(F)(F)F. The van der Waals surface area contributed by atoms with Crippen LogP contribution in [0.3, 0.4) is 0 Å². The number of rotatable bonds is 22. The molecule has 3 nitrogen and oxygen atoms in total. The Balaban J connectivity index is 3.64. The Morgan fingerprint density at radius 2 is 0.722 bits per heavy atom. The first-order valence-corrected chi connectivity index (χ1v) is 14.5. The van der Waals surface area contributed by atoms with E-state index in [2.05, 4.69) is 0 Å². The molecule has 2 N–H and O–H groups in total. The van der Waals surface area contributed by atoms with Crippen LogP contribution < -0.4 is 0 Å². The minimum Gasteiger partial charge on any atom is -0.324 e. The Hall–Kier alpha value is -0.480. The molecule has 0 aromatic heterocycles. The van der Waals surface area contributed by atoms with Crippen molar-refractivity contribution in [1.82, 2.24) is 0 Å². The first-order valence-electron chi connectivity index (χ1n) is 12.7. The van der Waals surface area contributed by atoms with Gasteiger partial charge in [0.1, 0.15) is 0 Å². The van der Waals surface area contributed by atoms with E-state index in [-0.39, 0.29) is 12.6 Å². The highest BCUT2D eigenvalue weighted by molar-refractivity contribution is 7.51. The molecule has 0 aromatic carbocycles. The summed E-state index contributed by atoms with van der Waals surface area (Å²) in [5, 5.41) is 0. The Bertz CT molecular complexity index is 622. The van der Waals surface area contributed by atoms with Crippen LogP contribution in [0.1, 0.15) is 116 Å². The average Bonchev–Trinajstić information content (AvgIpc) is 2.73. The van der Waals surface area contributed by atoms with Crippen LogP contribution in [-0.4, -0.2) is 39.9 Å². The molecule has 0 aromatic rings. The molecule has 0 saturated heterocycles. The van der Waals surface area contributed by atoms with Gasteiger partial charge < -0.3 is 9.79 Å². The summed E-state index contributed by atoms with van der Waals surface area (Å²) in [5.41, 5.74) is 0. The summed E-state index contributed by atoms with van der Waals surface area (Å²) in [6.07, 6.45) is 4.73. The lowest BCUT2D eigenvalue weighted by atomic mass is 9.97. The van der Waals surface area contributed by atoms with E-state index in [0.29, 0.717) is 19.3 Å². The number of hydrogen-bond acceptors (Lipinski definition) is 1. The van der Waals surface area contributed by atoms with Gasteiger partial charge in [-0.1, -0.05) is 96.3 Å². The number of alkyl halides is 9. The van der Waals surface area contributed by atoms with Crippen LogP contribution in [0.4, 0.5) is 39.5 Å². The van der Waals surface area contributed by atoms with Gasteiger partial charge in [0.05, 0.1) is 0 Å². The van der Waals surface area contributed by atoms with E-state index in [1.165, 1.54) is 0 Å². The summed E-state index contributed by atoms with van der Waals surface area (Å²) in [4.78, 5) is 17.5. The van der Waals surface area contributed by atoms with Crippen molar-refractivity contribution in [3.8, 4) is 0 Å². The molecule has 0 radical (unpaired) electrons. The molecule has 13 heteroatoms. The smallest absolute Gasteiger partial charge is 0.324 e. The molecular weight excluding hydrogens is 526 g/mol. The highest BCUT2D eigenvalue weighted by Gasteiger charge is 2.81. The van der Waals surface area contributed by atoms with Gasteiger partial charge in [0.2, 0.25) is 0 Å². The Morgan fingerprint density at radius 3 is 1.00 bits per heavy atom. The second kappa shape index (κ2) is 16.5. The van der Waals surface area contributed by atoms with Crippen molar-refractivity contribution in [3.05, 3.63) is 0 Å². The predicted molar refractivity (Wildman–Crippen MR) is 121 cm³/mol. The van der Waals surface area contributed by atoms with Gasteiger partial charge in [0.25, 0.3) is 0 Å². The molecule has 0 bridgehead atoms. The summed E-state index contributed by atoms with van der Waals surface area (Å²) in [7, 11) is -3.87. The maximum atomic E-state index is 13.4. The topological polar surface area (TPSA) is 57.5 Å². The third-order valence-corrected chi connectivity index (χ3v) is 7.05. The van der Waals surface area contributed by atoms with Crippen LogP contribution in [0, 0.1) is 0 Å². The molecule has 0 aliphatic carbocycles. The molecule has 0 rings (SSSR count). The van der Waals surface area contributed by atoms with Gasteiger partial charge in [-0.15, -0.1) is 0 Å². The number of halogens is 9. The Morgan fingerprint density at radius 1 is 0.444 bits per heavy atom. The number of hydrogen-bond donors (Lipinski definition) is 2. The van der Waals surface area contributed by atoms with E-state index in [0.717, 1.165) is 77.0 Å². The molecular formula is C23H40F9O3P. The van der Waals surface area contributed by atoms with Crippen LogP contribution in [0.15, 0.2) is 0 Å². The molecule has 218 valence electrons. The summed E-state index contributed by atoms with van der Waals surface area (Å²) < 4.78 is 126. The fourth-order valence-corrected chi connectivity index (χ4v) is 4.52. The van der Waals surface area contributed by atoms with Crippen molar-refractivity contribution in [2.45, 2.75) is 140 Å². The van der Waals surface area contributed by atoms with Crippen molar-refractivity contribution in [2.24, 2.45) is 0 Å². The largest absolute Gasteiger partial charge is 0.460 e. The van der Waals surface area contributed by atoms with Gasteiger partial charge in [-0.3, -0.25) is 4.57 Å². The highest BCUT2D eigenvalue weighted by atomic mass is 31.2. The summed E-state index contributed by atoms with van der Waals surface area (Å²) in [6, 6.07) is 0. The zero-order valence-electron chi connectivity index (χ0n) is 20.6. The first-order chi connectivity index (χ1) is 16.5. The van der Waals surface area contributed by atoms with Crippen molar-refractivity contribution < 1.29 is 53.9 Å². The maximum Gasteiger partial charge on any atom is 0.460 e. The molecule has 0 atom stereocenters. The maximum absolute atomic E-state index is 13.4. The summed E-state index contributed by atoms with van der Waals surface area (Å²) in [5.74, 6) is -18.8. The van der Waals surface area contributed by atoms with Gasteiger partial charge in [-0.05, 0) is 12.8 Å². The zero-order chi connectivity index (χ0) is 27.9. The summed E-state index contributed by atoms with van der Waals surface area (Å²) in [6.45, 7) is 0. The van der Waals surface area contributed by atoms with Crippen LogP contribution in [0.5, 0.6) is 0 Å². The lowest BCUT2D eigenvalue weighted by Gasteiger charge is -2.33. The molecule has 36 heavy (non-hydrogen) atoms. The third kappa shape index (κ3) is 13.9. The van der Waals surface area contributed by atoms with Gasteiger partial charge in [0, 0.05) is 12.6 Å². The second-order valence-electron chi connectivity index (χ2n) is 9.50. The van der Waals surface area contributed by atoms with Crippen molar-refractivity contribution in [1.29, 1.82) is 0 Å². The van der Waals surface area contributed by atoms with Crippen LogP contribution >= 0.6 is 7.60 Å². The molecule has 0 aliphatic heterocycles. The van der Waals surface area contributed by atoms with E-state index >= 15 is 0 Å². The Labute approximate surface area is 207 Å².